The predicted molar refractivity (Wildman–Crippen MR) is 92.6 cm³/mol. The second kappa shape index (κ2) is 8.55. The molecule has 0 aliphatic heterocycles. The molecule has 0 aliphatic carbocycles. The Kier molecular flexibility index (Phi) is 6.44. The summed E-state index contributed by atoms with van der Waals surface area (Å²) >= 11 is 5.77. The third kappa shape index (κ3) is 6.13. The van der Waals surface area contributed by atoms with Crippen LogP contribution < -0.4 is 10.6 Å². The Morgan fingerprint density at radius 3 is 2.00 bits per heavy atom. The summed E-state index contributed by atoms with van der Waals surface area (Å²) in [7, 11) is 1.59. The molecule has 0 radical (unpaired) electrons. The number of rotatable bonds is 6. The number of carbonyl (C=O) groups is 2. The lowest BCUT2D eigenvalue weighted by molar-refractivity contribution is -0.119. The van der Waals surface area contributed by atoms with Crippen LogP contribution in [0.3, 0.4) is 0 Å². The van der Waals surface area contributed by atoms with Crippen molar-refractivity contribution in [2.24, 2.45) is 0 Å². The number of anilines is 2. The minimum absolute atomic E-state index is 0.0200. The molecule has 0 aromatic heterocycles. The van der Waals surface area contributed by atoms with E-state index in [1.807, 2.05) is 0 Å². The van der Waals surface area contributed by atoms with Gasteiger partial charge in [-0.3, -0.25) is 14.5 Å². The van der Waals surface area contributed by atoms with Gasteiger partial charge in [-0.1, -0.05) is 11.6 Å². The van der Waals surface area contributed by atoms with Crippen molar-refractivity contribution in [2.45, 2.75) is 0 Å². The molecule has 2 rings (SSSR count). The number of hydrogen-bond donors (Lipinski definition) is 2. The van der Waals surface area contributed by atoms with Crippen molar-refractivity contribution in [3.63, 3.8) is 0 Å². The van der Waals surface area contributed by atoms with Crippen molar-refractivity contribution < 1.29 is 18.4 Å². The minimum atomic E-state index is -1.05. The first-order valence-corrected chi connectivity index (χ1v) is 7.70. The van der Waals surface area contributed by atoms with Gasteiger partial charge in [-0.25, -0.2) is 8.78 Å². The van der Waals surface area contributed by atoms with Crippen molar-refractivity contribution >= 4 is 34.8 Å². The maximum atomic E-state index is 13.1. The summed E-state index contributed by atoms with van der Waals surface area (Å²) in [6, 6.07) is 9.69. The molecule has 25 heavy (non-hydrogen) atoms. The quantitative estimate of drug-likeness (QED) is 0.824. The number of halogens is 3. The van der Waals surface area contributed by atoms with Gasteiger partial charge in [-0.2, -0.15) is 0 Å². The molecule has 0 atom stereocenters. The van der Waals surface area contributed by atoms with E-state index in [0.717, 1.165) is 12.1 Å². The summed E-state index contributed by atoms with van der Waals surface area (Å²) < 4.78 is 25.9. The maximum absolute atomic E-state index is 13.1. The van der Waals surface area contributed by atoms with Crippen LogP contribution in [0.2, 0.25) is 5.02 Å². The number of carbonyl (C=O) groups excluding carboxylic acids is 2. The highest BCUT2D eigenvalue weighted by Gasteiger charge is 2.12. The molecule has 0 saturated carbocycles. The molecule has 0 saturated heterocycles. The molecule has 2 aromatic carbocycles. The van der Waals surface area contributed by atoms with Crippen molar-refractivity contribution in [1.82, 2.24) is 4.90 Å². The molecule has 2 amide bonds. The maximum Gasteiger partial charge on any atom is 0.238 e. The number of nitrogens with one attached hydrogen (secondary N) is 2. The lowest BCUT2D eigenvalue weighted by Gasteiger charge is -2.16. The van der Waals surface area contributed by atoms with E-state index in [0.29, 0.717) is 10.7 Å². The highest BCUT2D eigenvalue weighted by Crippen LogP contribution is 2.14. The van der Waals surface area contributed by atoms with E-state index < -0.39 is 17.5 Å². The van der Waals surface area contributed by atoms with E-state index in [4.69, 9.17) is 11.6 Å². The van der Waals surface area contributed by atoms with Gasteiger partial charge in [0.05, 0.1) is 13.1 Å². The smallest absolute Gasteiger partial charge is 0.238 e. The fourth-order valence-electron chi connectivity index (χ4n) is 2.05. The average molecular weight is 368 g/mol. The SMILES string of the molecule is CN(CC(=O)Nc1ccc(Cl)cc1)CC(=O)Nc1ccc(F)c(F)c1. The average Bonchev–Trinajstić information content (AvgIpc) is 2.52. The van der Waals surface area contributed by atoms with Crippen LogP contribution in [0.25, 0.3) is 0 Å². The Morgan fingerprint density at radius 2 is 1.44 bits per heavy atom. The molecule has 132 valence electrons. The topological polar surface area (TPSA) is 61.4 Å². The van der Waals surface area contributed by atoms with Crippen LogP contribution in [-0.2, 0) is 9.59 Å². The monoisotopic (exact) mass is 367 g/mol. The summed E-state index contributed by atoms with van der Waals surface area (Å²) in [5.74, 6) is -2.79. The van der Waals surface area contributed by atoms with Crippen LogP contribution in [0.1, 0.15) is 0 Å². The molecule has 8 heteroatoms. The molecule has 0 aliphatic rings. The van der Waals surface area contributed by atoms with E-state index in [2.05, 4.69) is 10.6 Å². The first-order valence-electron chi connectivity index (χ1n) is 7.32. The number of hydrogen-bond acceptors (Lipinski definition) is 3. The summed E-state index contributed by atoms with van der Waals surface area (Å²) in [6.45, 7) is -0.110. The molecule has 0 spiro atoms. The zero-order valence-corrected chi connectivity index (χ0v) is 14.1. The van der Waals surface area contributed by atoms with Crippen LogP contribution in [0.4, 0.5) is 20.2 Å². The van der Waals surface area contributed by atoms with Crippen LogP contribution >= 0.6 is 11.6 Å². The molecule has 0 heterocycles. The van der Waals surface area contributed by atoms with E-state index in [9.17, 15) is 18.4 Å². The second-order valence-electron chi connectivity index (χ2n) is 5.40. The Labute approximate surface area is 148 Å². The Balaban J connectivity index is 1.81. The standard InChI is InChI=1S/C17H16ClF2N3O2/c1-23(9-16(24)21-12-4-2-11(18)3-5-12)10-17(25)22-13-6-7-14(19)15(20)8-13/h2-8H,9-10H2,1H3,(H,21,24)(H,22,25). The van der Waals surface area contributed by atoms with Crippen molar-refractivity contribution in [2.75, 3.05) is 30.8 Å². The second-order valence-corrected chi connectivity index (χ2v) is 5.84. The Bertz CT molecular complexity index is 769. The van der Waals surface area contributed by atoms with E-state index in [1.165, 1.54) is 11.0 Å². The van der Waals surface area contributed by atoms with Crippen molar-refractivity contribution in [1.29, 1.82) is 0 Å². The van der Waals surface area contributed by atoms with Crippen LogP contribution in [0, 0.1) is 11.6 Å². The summed E-state index contributed by atoms with van der Waals surface area (Å²) in [5, 5.41) is 5.67. The van der Waals surface area contributed by atoms with Crippen LogP contribution in [0.5, 0.6) is 0 Å². The van der Waals surface area contributed by atoms with Gasteiger partial charge < -0.3 is 10.6 Å². The molecule has 0 unspecified atom stereocenters. The van der Waals surface area contributed by atoms with E-state index in [1.54, 1.807) is 31.3 Å². The lowest BCUT2D eigenvalue weighted by atomic mass is 10.3. The molecule has 2 N–H and O–H groups in total. The van der Waals surface area contributed by atoms with E-state index in [-0.39, 0.29) is 24.7 Å². The van der Waals surface area contributed by atoms with Gasteiger partial charge >= 0.3 is 0 Å². The summed E-state index contributed by atoms with van der Waals surface area (Å²) in [4.78, 5) is 25.3. The van der Waals surface area contributed by atoms with Gasteiger partial charge in [0.1, 0.15) is 0 Å². The highest BCUT2D eigenvalue weighted by atomic mass is 35.5. The zero-order valence-electron chi connectivity index (χ0n) is 13.4. The summed E-state index contributed by atoms with van der Waals surface area (Å²) in [6.07, 6.45) is 0. The first kappa shape index (κ1) is 18.8. The Morgan fingerprint density at radius 1 is 0.920 bits per heavy atom. The minimum Gasteiger partial charge on any atom is -0.325 e. The zero-order chi connectivity index (χ0) is 18.4. The fourth-order valence-corrected chi connectivity index (χ4v) is 2.18. The lowest BCUT2D eigenvalue weighted by Crippen LogP contribution is -2.36. The highest BCUT2D eigenvalue weighted by molar-refractivity contribution is 6.30. The largest absolute Gasteiger partial charge is 0.325 e. The molecular weight excluding hydrogens is 352 g/mol. The first-order chi connectivity index (χ1) is 11.8. The molecule has 5 nitrogen and oxygen atoms in total. The predicted octanol–water partition coefficient (Wildman–Crippen LogP) is 3.13. The number of benzene rings is 2. The van der Waals surface area contributed by atoms with Gasteiger partial charge in [-0.05, 0) is 43.4 Å². The third-order valence-electron chi connectivity index (χ3n) is 3.16. The van der Waals surface area contributed by atoms with Crippen molar-refractivity contribution in [3.05, 3.63) is 59.1 Å². The van der Waals surface area contributed by atoms with Gasteiger partial charge in [0.15, 0.2) is 11.6 Å². The van der Waals surface area contributed by atoms with Crippen molar-refractivity contribution in [3.8, 4) is 0 Å². The van der Waals surface area contributed by atoms with Gasteiger partial charge in [0, 0.05) is 22.5 Å². The van der Waals surface area contributed by atoms with Gasteiger partial charge in [-0.15, -0.1) is 0 Å². The third-order valence-corrected chi connectivity index (χ3v) is 3.41. The molecular formula is C17H16ClF2N3O2. The Hall–Kier alpha value is -2.51. The fraction of sp³-hybridized carbons (Fsp3) is 0.176. The van der Waals surface area contributed by atoms with Gasteiger partial charge in [0.2, 0.25) is 11.8 Å². The van der Waals surface area contributed by atoms with Crippen LogP contribution in [-0.4, -0.2) is 36.9 Å². The summed E-state index contributed by atoms with van der Waals surface area (Å²) in [5.41, 5.74) is 0.733. The molecule has 0 bridgehead atoms. The normalized spacial score (nSPS) is 10.6. The van der Waals surface area contributed by atoms with E-state index >= 15 is 0 Å². The molecule has 0 fully saturated rings. The number of nitrogens with zero attached hydrogens (tertiary/aromatic N) is 1. The number of likely N-dealkylation sites (N-methyl/N-ethyl adjacent to an activating group) is 1. The molecule has 2 aromatic rings. The number of amides is 2. The van der Waals surface area contributed by atoms with Gasteiger partial charge in [0.25, 0.3) is 0 Å². The van der Waals surface area contributed by atoms with Crippen LogP contribution in [0.15, 0.2) is 42.5 Å².